The summed E-state index contributed by atoms with van der Waals surface area (Å²) in [5.74, 6) is -0.0798. The van der Waals surface area contributed by atoms with Gasteiger partial charge in [-0.2, -0.15) is 0 Å². The standard InChI is InChI=1S/C14H15NO4/c16-13(19-8-9-4-2-1-3-5-9)12-7-10-6-11(10)15(12)14(17)18/h1-5,10-12H,6-8H2,(H,17,18)/t10-,11-,12-/m1/s1. The van der Waals surface area contributed by atoms with Gasteiger partial charge in [-0.05, 0) is 24.3 Å². The average molecular weight is 261 g/mol. The first kappa shape index (κ1) is 12.0. The van der Waals surface area contributed by atoms with Gasteiger partial charge >= 0.3 is 12.1 Å². The molecule has 0 bridgehead atoms. The van der Waals surface area contributed by atoms with Gasteiger partial charge in [-0.3, -0.25) is 4.90 Å². The topological polar surface area (TPSA) is 66.8 Å². The fourth-order valence-electron chi connectivity index (χ4n) is 2.77. The highest BCUT2D eigenvalue weighted by molar-refractivity contribution is 5.82. The fraction of sp³-hybridized carbons (Fsp3) is 0.429. The summed E-state index contributed by atoms with van der Waals surface area (Å²) in [5, 5.41) is 9.13. The summed E-state index contributed by atoms with van der Waals surface area (Å²) >= 11 is 0. The number of carbonyl (C=O) groups excluding carboxylic acids is 1. The quantitative estimate of drug-likeness (QED) is 0.843. The molecular weight excluding hydrogens is 246 g/mol. The van der Waals surface area contributed by atoms with E-state index >= 15 is 0 Å². The van der Waals surface area contributed by atoms with E-state index in [1.807, 2.05) is 30.3 Å². The van der Waals surface area contributed by atoms with Gasteiger partial charge in [0.25, 0.3) is 0 Å². The van der Waals surface area contributed by atoms with Crippen molar-refractivity contribution in [1.82, 2.24) is 4.90 Å². The number of hydrogen-bond acceptors (Lipinski definition) is 3. The Morgan fingerprint density at radius 3 is 2.68 bits per heavy atom. The molecule has 1 aromatic rings. The van der Waals surface area contributed by atoms with Crippen LogP contribution in [0.4, 0.5) is 4.79 Å². The monoisotopic (exact) mass is 261 g/mol. The predicted octanol–water partition coefficient (Wildman–Crippen LogP) is 1.87. The zero-order valence-electron chi connectivity index (χ0n) is 10.4. The van der Waals surface area contributed by atoms with Crippen molar-refractivity contribution in [2.75, 3.05) is 0 Å². The minimum atomic E-state index is -1.02. The van der Waals surface area contributed by atoms with Crippen LogP contribution in [-0.4, -0.2) is 34.2 Å². The predicted molar refractivity (Wildman–Crippen MR) is 66.4 cm³/mol. The average Bonchev–Trinajstić information content (AvgIpc) is 3.07. The van der Waals surface area contributed by atoms with Crippen LogP contribution in [0, 0.1) is 5.92 Å². The molecular formula is C14H15NO4. The first-order chi connectivity index (χ1) is 9.16. The second-order valence-corrected chi connectivity index (χ2v) is 5.10. The molecule has 2 fully saturated rings. The molecule has 19 heavy (non-hydrogen) atoms. The molecule has 1 aliphatic carbocycles. The Hall–Kier alpha value is -2.04. The first-order valence-corrected chi connectivity index (χ1v) is 6.38. The first-order valence-electron chi connectivity index (χ1n) is 6.38. The molecule has 5 heteroatoms. The van der Waals surface area contributed by atoms with Crippen molar-refractivity contribution in [1.29, 1.82) is 0 Å². The highest BCUT2D eigenvalue weighted by Gasteiger charge is 2.56. The maximum absolute atomic E-state index is 12.0. The SMILES string of the molecule is O=C(OCc1ccccc1)[C@H]1C[C@H]2C[C@H]2N1C(=O)O. The molecule has 3 rings (SSSR count). The molecule has 100 valence electrons. The van der Waals surface area contributed by atoms with Crippen LogP contribution in [0.2, 0.25) is 0 Å². The Balaban J connectivity index is 1.60. The van der Waals surface area contributed by atoms with E-state index < -0.39 is 18.1 Å². The van der Waals surface area contributed by atoms with Crippen LogP contribution in [0.15, 0.2) is 30.3 Å². The zero-order valence-corrected chi connectivity index (χ0v) is 10.4. The van der Waals surface area contributed by atoms with Crippen molar-refractivity contribution < 1.29 is 19.4 Å². The number of ether oxygens (including phenoxy) is 1. The third-order valence-electron chi connectivity index (χ3n) is 3.82. The van der Waals surface area contributed by atoms with E-state index in [1.165, 1.54) is 4.90 Å². The molecule has 0 aromatic heterocycles. The Kier molecular flexibility index (Phi) is 2.89. The van der Waals surface area contributed by atoms with E-state index in [4.69, 9.17) is 9.84 Å². The molecule has 1 aliphatic heterocycles. The second kappa shape index (κ2) is 4.57. The van der Waals surface area contributed by atoms with Crippen molar-refractivity contribution >= 4 is 12.1 Å². The van der Waals surface area contributed by atoms with E-state index in [0.29, 0.717) is 12.3 Å². The smallest absolute Gasteiger partial charge is 0.408 e. The number of nitrogens with zero attached hydrogens (tertiary/aromatic N) is 1. The van der Waals surface area contributed by atoms with Crippen LogP contribution >= 0.6 is 0 Å². The third kappa shape index (κ3) is 2.28. The normalized spacial score (nSPS) is 27.8. The Morgan fingerprint density at radius 1 is 1.26 bits per heavy atom. The molecule has 0 radical (unpaired) electrons. The molecule has 5 nitrogen and oxygen atoms in total. The third-order valence-corrected chi connectivity index (χ3v) is 3.82. The highest BCUT2D eigenvalue weighted by atomic mass is 16.5. The van der Waals surface area contributed by atoms with Crippen molar-refractivity contribution in [2.24, 2.45) is 5.92 Å². The van der Waals surface area contributed by atoms with Crippen LogP contribution < -0.4 is 0 Å². The fourth-order valence-corrected chi connectivity index (χ4v) is 2.77. The minimum Gasteiger partial charge on any atom is -0.465 e. The molecule has 1 saturated carbocycles. The van der Waals surface area contributed by atoms with E-state index in [-0.39, 0.29) is 12.6 Å². The van der Waals surface area contributed by atoms with Crippen LogP contribution in [0.5, 0.6) is 0 Å². The van der Waals surface area contributed by atoms with Gasteiger partial charge in [0, 0.05) is 6.04 Å². The second-order valence-electron chi connectivity index (χ2n) is 5.10. The van der Waals surface area contributed by atoms with Crippen LogP contribution in [0.3, 0.4) is 0 Å². The summed E-state index contributed by atoms with van der Waals surface area (Å²) in [6, 6.07) is 8.79. The summed E-state index contributed by atoms with van der Waals surface area (Å²) in [6.45, 7) is 0.193. The van der Waals surface area contributed by atoms with Crippen molar-refractivity contribution in [2.45, 2.75) is 31.5 Å². The van der Waals surface area contributed by atoms with Gasteiger partial charge in [0.05, 0.1) is 0 Å². The summed E-state index contributed by atoms with van der Waals surface area (Å²) < 4.78 is 5.22. The molecule has 1 N–H and O–H groups in total. The summed E-state index contributed by atoms with van der Waals surface area (Å²) in [6.07, 6.45) is 0.464. The lowest BCUT2D eigenvalue weighted by atomic mass is 10.2. The number of fused-ring (bicyclic) bond motifs is 1. The van der Waals surface area contributed by atoms with Crippen LogP contribution in [0.1, 0.15) is 18.4 Å². The number of rotatable bonds is 3. The van der Waals surface area contributed by atoms with Crippen molar-refractivity contribution in [3.8, 4) is 0 Å². The molecule has 2 aliphatic rings. The van der Waals surface area contributed by atoms with Gasteiger partial charge in [-0.15, -0.1) is 0 Å². The molecule has 3 atom stereocenters. The molecule has 0 spiro atoms. The number of amides is 1. The maximum Gasteiger partial charge on any atom is 0.408 e. The van der Waals surface area contributed by atoms with Gasteiger partial charge in [-0.1, -0.05) is 30.3 Å². The van der Waals surface area contributed by atoms with Crippen molar-refractivity contribution in [3.63, 3.8) is 0 Å². The molecule has 1 saturated heterocycles. The van der Waals surface area contributed by atoms with Gasteiger partial charge in [0.1, 0.15) is 12.6 Å². The molecule has 0 unspecified atom stereocenters. The van der Waals surface area contributed by atoms with Crippen molar-refractivity contribution in [3.05, 3.63) is 35.9 Å². The van der Waals surface area contributed by atoms with Gasteiger partial charge in [0.2, 0.25) is 0 Å². The van der Waals surface area contributed by atoms with Gasteiger partial charge in [0.15, 0.2) is 0 Å². The van der Waals surface area contributed by atoms with E-state index in [1.54, 1.807) is 0 Å². The van der Waals surface area contributed by atoms with Gasteiger partial charge in [-0.25, -0.2) is 9.59 Å². The number of likely N-dealkylation sites (tertiary alicyclic amines) is 1. The van der Waals surface area contributed by atoms with E-state index in [9.17, 15) is 9.59 Å². The maximum atomic E-state index is 12.0. The number of piperidine rings is 1. The lowest BCUT2D eigenvalue weighted by Gasteiger charge is -2.22. The number of carbonyl (C=O) groups is 2. The number of benzene rings is 1. The van der Waals surface area contributed by atoms with E-state index in [0.717, 1.165) is 12.0 Å². The highest BCUT2D eigenvalue weighted by Crippen LogP contribution is 2.48. The Labute approximate surface area is 110 Å². The number of esters is 1. The lowest BCUT2D eigenvalue weighted by Crippen LogP contribution is -2.43. The van der Waals surface area contributed by atoms with Crippen LogP contribution in [0.25, 0.3) is 0 Å². The lowest BCUT2D eigenvalue weighted by molar-refractivity contribution is -0.150. The summed E-state index contributed by atoms with van der Waals surface area (Å²) in [5.41, 5.74) is 0.904. The number of hydrogen-bond donors (Lipinski definition) is 1. The zero-order chi connectivity index (χ0) is 13.4. The summed E-state index contributed by atoms with van der Waals surface area (Å²) in [4.78, 5) is 24.4. The van der Waals surface area contributed by atoms with Crippen LogP contribution in [-0.2, 0) is 16.1 Å². The molecule has 1 aromatic carbocycles. The van der Waals surface area contributed by atoms with Gasteiger partial charge < -0.3 is 9.84 Å². The minimum absolute atomic E-state index is 0.0341. The number of carboxylic acid groups (broad SMARTS) is 1. The molecule has 1 amide bonds. The van der Waals surface area contributed by atoms with E-state index in [2.05, 4.69) is 0 Å². The Bertz CT molecular complexity index is 501. The summed E-state index contributed by atoms with van der Waals surface area (Å²) in [7, 11) is 0. The Morgan fingerprint density at radius 2 is 2.00 bits per heavy atom. The molecule has 1 heterocycles. The largest absolute Gasteiger partial charge is 0.465 e.